The highest BCUT2D eigenvalue weighted by atomic mass is 16.5. The van der Waals surface area contributed by atoms with Crippen molar-refractivity contribution in [3.63, 3.8) is 0 Å². The van der Waals surface area contributed by atoms with Crippen LogP contribution in [0.5, 0.6) is 11.5 Å². The second-order valence-corrected chi connectivity index (χ2v) is 4.73. The minimum absolute atomic E-state index is 0.142. The van der Waals surface area contributed by atoms with Crippen LogP contribution in [-0.4, -0.2) is 30.7 Å². The molecule has 2 aromatic rings. The number of rotatable bonds is 4. The molecule has 0 radical (unpaired) electrons. The summed E-state index contributed by atoms with van der Waals surface area (Å²) in [5, 5.41) is 6.44. The van der Waals surface area contributed by atoms with E-state index in [0.717, 1.165) is 17.7 Å². The molecule has 0 saturated carbocycles. The molecular formula is C15H18N4O2. The fraction of sp³-hybridized carbons (Fsp3) is 0.333. The Balaban J connectivity index is 1.92. The Morgan fingerprint density at radius 3 is 2.86 bits per heavy atom. The average Bonchev–Trinajstić information content (AvgIpc) is 2.55. The van der Waals surface area contributed by atoms with Crippen LogP contribution >= 0.6 is 0 Å². The van der Waals surface area contributed by atoms with Crippen LogP contribution in [0.25, 0.3) is 0 Å². The highest BCUT2D eigenvalue weighted by Crippen LogP contribution is 2.37. The summed E-state index contributed by atoms with van der Waals surface area (Å²) in [7, 11) is 3.42. The lowest BCUT2D eigenvalue weighted by Crippen LogP contribution is -2.21. The summed E-state index contributed by atoms with van der Waals surface area (Å²) in [5.41, 5.74) is 1.13. The maximum absolute atomic E-state index is 5.68. The molecule has 1 aliphatic rings. The number of nitrogens with zero attached hydrogens (tertiary/aromatic N) is 2. The molecule has 1 unspecified atom stereocenters. The largest absolute Gasteiger partial charge is 0.493 e. The Labute approximate surface area is 123 Å². The molecular weight excluding hydrogens is 268 g/mol. The van der Waals surface area contributed by atoms with Gasteiger partial charge in [0.1, 0.15) is 12.1 Å². The lowest BCUT2D eigenvalue weighted by molar-refractivity contribution is 0.274. The molecule has 0 amide bonds. The number of para-hydroxylation sites is 1. The molecule has 21 heavy (non-hydrogen) atoms. The van der Waals surface area contributed by atoms with Crippen molar-refractivity contribution in [2.45, 2.75) is 12.5 Å². The zero-order valence-electron chi connectivity index (χ0n) is 12.1. The van der Waals surface area contributed by atoms with Crippen molar-refractivity contribution in [2.75, 3.05) is 31.4 Å². The van der Waals surface area contributed by atoms with Gasteiger partial charge in [-0.15, -0.1) is 0 Å². The van der Waals surface area contributed by atoms with Gasteiger partial charge in [0.15, 0.2) is 11.6 Å². The summed E-state index contributed by atoms with van der Waals surface area (Å²) < 4.78 is 11.1. The quantitative estimate of drug-likeness (QED) is 0.900. The van der Waals surface area contributed by atoms with Gasteiger partial charge in [0.05, 0.1) is 19.8 Å². The number of hydrogen-bond donors (Lipinski definition) is 2. The van der Waals surface area contributed by atoms with Gasteiger partial charge in [0.25, 0.3) is 0 Å². The Hall–Kier alpha value is -2.50. The second kappa shape index (κ2) is 5.87. The van der Waals surface area contributed by atoms with Crippen molar-refractivity contribution < 1.29 is 9.47 Å². The predicted octanol–water partition coefficient (Wildman–Crippen LogP) is 2.46. The normalized spacial score (nSPS) is 16.6. The van der Waals surface area contributed by atoms with Gasteiger partial charge in [0, 0.05) is 19.0 Å². The highest BCUT2D eigenvalue weighted by Gasteiger charge is 2.23. The molecule has 0 saturated heterocycles. The molecule has 3 rings (SSSR count). The molecule has 1 aromatic heterocycles. The number of hydrogen-bond acceptors (Lipinski definition) is 6. The topological polar surface area (TPSA) is 68.3 Å². The lowest BCUT2D eigenvalue weighted by Gasteiger charge is -2.27. The lowest BCUT2D eigenvalue weighted by atomic mass is 10.0. The van der Waals surface area contributed by atoms with Crippen LogP contribution in [0, 0.1) is 0 Å². The summed E-state index contributed by atoms with van der Waals surface area (Å²) in [6, 6.07) is 8.19. The number of aromatic nitrogens is 2. The smallest absolute Gasteiger partial charge is 0.204 e. The van der Waals surface area contributed by atoms with Gasteiger partial charge in [0.2, 0.25) is 5.75 Å². The third kappa shape index (κ3) is 2.56. The average molecular weight is 286 g/mol. The molecule has 1 atom stereocenters. The van der Waals surface area contributed by atoms with Gasteiger partial charge >= 0.3 is 0 Å². The number of methoxy groups -OCH3 is 1. The van der Waals surface area contributed by atoms with E-state index in [-0.39, 0.29) is 6.04 Å². The van der Waals surface area contributed by atoms with Crippen LogP contribution in [0.3, 0.4) is 0 Å². The number of nitrogens with one attached hydrogen (secondary N) is 2. The van der Waals surface area contributed by atoms with Crippen LogP contribution in [0.2, 0.25) is 0 Å². The first-order chi connectivity index (χ1) is 10.3. The van der Waals surface area contributed by atoms with E-state index in [0.29, 0.717) is 24.0 Å². The minimum Gasteiger partial charge on any atom is -0.493 e. The fourth-order valence-corrected chi connectivity index (χ4v) is 2.51. The molecule has 2 heterocycles. The van der Waals surface area contributed by atoms with Crippen molar-refractivity contribution in [1.29, 1.82) is 0 Å². The molecule has 0 bridgehead atoms. The molecule has 1 aromatic carbocycles. The van der Waals surface area contributed by atoms with Crippen molar-refractivity contribution in [3.8, 4) is 11.5 Å². The number of ether oxygens (including phenoxy) is 2. The van der Waals surface area contributed by atoms with E-state index >= 15 is 0 Å². The van der Waals surface area contributed by atoms with Crippen LogP contribution in [-0.2, 0) is 0 Å². The minimum atomic E-state index is 0.142. The molecule has 0 aliphatic carbocycles. The maximum atomic E-state index is 5.68. The SMILES string of the molecule is CNc1ncnc(NC2CCOc3ccccc32)c1OC. The molecule has 1 aliphatic heterocycles. The number of benzene rings is 1. The molecule has 6 nitrogen and oxygen atoms in total. The Kier molecular flexibility index (Phi) is 3.77. The van der Waals surface area contributed by atoms with E-state index in [1.54, 1.807) is 14.2 Å². The van der Waals surface area contributed by atoms with Crippen LogP contribution in [0.4, 0.5) is 11.6 Å². The first-order valence-electron chi connectivity index (χ1n) is 6.88. The number of fused-ring (bicyclic) bond motifs is 1. The van der Waals surface area contributed by atoms with Gasteiger partial charge in [-0.1, -0.05) is 18.2 Å². The Bertz CT molecular complexity index is 633. The van der Waals surface area contributed by atoms with Crippen LogP contribution < -0.4 is 20.1 Å². The van der Waals surface area contributed by atoms with Gasteiger partial charge in [-0.2, -0.15) is 0 Å². The van der Waals surface area contributed by atoms with Crippen LogP contribution in [0.15, 0.2) is 30.6 Å². The molecule has 110 valence electrons. The summed E-state index contributed by atoms with van der Waals surface area (Å²) in [4.78, 5) is 8.45. The standard InChI is InChI=1S/C15H18N4O2/c1-16-14-13(20-2)15(18-9-17-14)19-11-7-8-21-12-6-4-3-5-10(11)12/h3-6,9,11H,7-8H2,1-2H3,(H2,16,17,18,19). The van der Waals surface area contributed by atoms with Crippen molar-refractivity contribution >= 4 is 11.6 Å². The molecule has 0 fully saturated rings. The monoisotopic (exact) mass is 286 g/mol. The van der Waals surface area contributed by atoms with Gasteiger partial charge in [-0.3, -0.25) is 0 Å². The van der Waals surface area contributed by atoms with E-state index in [9.17, 15) is 0 Å². The van der Waals surface area contributed by atoms with E-state index in [1.807, 2.05) is 18.2 Å². The zero-order valence-corrected chi connectivity index (χ0v) is 12.1. The maximum Gasteiger partial charge on any atom is 0.204 e. The van der Waals surface area contributed by atoms with E-state index in [1.165, 1.54) is 6.33 Å². The van der Waals surface area contributed by atoms with E-state index in [2.05, 4.69) is 26.7 Å². The van der Waals surface area contributed by atoms with Crippen molar-refractivity contribution in [3.05, 3.63) is 36.2 Å². The Morgan fingerprint density at radius 1 is 1.24 bits per heavy atom. The fourth-order valence-electron chi connectivity index (χ4n) is 2.51. The summed E-state index contributed by atoms with van der Waals surface area (Å²) >= 11 is 0. The van der Waals surface area contributed by atoms with Gasteiger partial charge < -0.3 is 20.1 Å². The third-order valence-electron chi connectivity index (χ3n) is 3.51. The first-order valence-corrected chi connectivity index (χ1v) is 6.88. The first kappa shape index (κ1) is 13.5. The third-order valence-corrected chi connectivity index (χ3v) is 3.51. The van der Waals surface area contributed by atoms with E-state index < -0.39 is 0 Å². The van der Waals surface area contributed by atoms with Crippen molar-refractivity contribution in [1.82, 2.24) is 9.97 Å². The predicted molar refractivity (Wildman–Crippen MR) is 81.0 cm³/mol. The molecule has 6 heteroatoms. The highest BCUT2D eigenvalue weighted by molar-refractivity contribution is 5.64. The van der Waals surface area contributed by atoms with Crippen molar-refractivity contribution in [2.24, 2.45) is 0 Å². The van der Waals surface area contributed by atoms with Gasteiger partial charge in [-0.05, 0) is 6.07 Å². The molecule has 0 spiro atoms. The summed E-state index contributed by atoms with van der Waals surface area (Å²) in [6.45, 7) is 0.682. The zero-order chi connectivity index (χ0) is 14.7. The van der Waals surface area contributed by atoms with Crippen LogP contribution in [0.1, 0.15) is 18.0 Å². The van der Waals surface area contributed by atoms with Gasteiger partial charge in [-0.25, -0.2) is 9.97 Å². The van der Waals surface area contributed by atoms with E-state index in [4.69, 9.17) is 9.47 Å². The number of anilines is 2. The summed E-state index contributed by atoms with van der Waals surface area (Å²) in [6.07, 6.45) is 2.39. The molecule has 2 N–H and O–H groups in total. The second-order valence-electron chi connectivity index (χ2n) is 4.73. The Morgan fingerprint density at radius 2 is 2.05 bits per heavy atom. The summed E-state index contributed by atoms with van der Waals surface area (Å²) in [5.74, 6) is 2.88.